The summed E-state index contributed by atoms with van der Waals surface area (Å²) in [4.78, 5) is 16.6. The molecule has 1 aliphatic rings. The Morgan fingerprint density at radius 3 is 2.58 bits per heavy atom. The van der Waals surface area contributed by atoms with E-state index >= 15 is 0 Å². The highest BCUT2D eigenvalue weighted by atomic mass is 19.1. The van der Waals surface area contributed by atoms with Crippen LogP contribution in [0.1, 0.15) is 22.3 Å². The first-order valence-corrected chi connectivity index (χ1v) is 9.68. The number of carbonyl (C=O) groups excluding carboxylic acids is 1. The van der Waals surface area contributed by atoms with E-state index < -0.39 is 5.97 Å². The molecule has 1 heterocycles. The third-order valence-corrected chi connectivity index (χ3v) is 4.83. The van der Waals surface area contributed by atoms with Gasteiger partial charge in [0.15, 0.2) is 17.2 Å². The molecule has 0 saturated heterocycles. The maximum atomic E-state index is 13.8. The molecule has 31 heavy (non-hydrogen) atoms. The van der Waals surface area contributed by atoms with Crippen LogP contribution in [0, 0.1) is 12.7 Å². The maximum absolute atomic E-state index is 13.8. The van der Waals surface area contributed by atoms with Crippen molar-refractivity contribution in [1.82, 2.24) is 0 Å². The van der Waals surface area contributed by atoms with Crippen molar-refractivity contribution < 1.29 is 23.4 Å². The molecule has 6 heteroatoms. The summed E-state index contributed by atoms with van der Waals surface area (Å²) in [6.07, 6.45) is 1.62. The van der Waals surface area contributed by atoms with Gasteiger partial charge in [-0.25, -0.2) is 14.2 Å². The fraction of sp³-hybridized carbons (Fsp3) is 0.120. The number of hydrogen-bond donors (Lipinski definition) is 0. The lowest BCUT2D eigenvalue weighted by Gasteiger charge is -2.12. The Hall–Kier alpha value is -3.93. The summed E-state index contributed by atoms with van der Waals surface area (Å²) in [6.45, 7) is 2.00. The normalized spacial score (nSPS) is 14.4. The Morgan fingerprint density at radius 1 is 1.03 bits per heavy atom. The second kappa shape index (κ2) is 8.83. The average molecular weight is 417 g/mol. The second-order valence-corrected chi connectivity index (χ2v) is 6.94. The van der Waals surface area contributed by atoms with Crippen molar-refractivity contribution in [1.29, 1.82) is 0 Å². The number of methoxy groups -OCH3 is 1. The number of nitrogens with zero attached hydrogens (tertiary/aromatic N) is 1. The Bertz CT molecular complexity index is 1200. The third kappa shape index (κ3) is 4.48. The lowest BCUT2D eigenvalue weighted by atomic mass is 10.1. The molecule has 0 saturated carbocycles. The van der Waals surface area contributed by atoms with E-state index in [0.29, 0.717) is 22.6 Å². The molecule has 1 aliphatic heterocycles. The van der Waals surface area contributed by atoms with Crippen molar-refractivity contribution in [2.24, 2.45) is 4.99 Å². The number of aliphatic imine (C=N–C) groups is 1. The number of rotatable bonds is 6. The van der Waals surface area contributed by atoms with Gasteiger partial charge in [0.2, 0.25) is 5.90 Å². The molecule has 0 unspecified atom stereocenters. The van der Waals surface area contributed by atoms with Gasteiger partial charge in [0.25, 0.3) is 0 Å². The topological polar surface area (TPSA) is 57.1 Å². The molecule has 0 aliphatic carbocycles. The first-order chi connectivity index (χ1) is 15.0. The number of ether oxygens (including phenoxy) is 3. The first-order valence-electron chi connectivity index (χ1n) is 9.68. The van der Waals surface area contributed by atoms with E-state index in [-0.39, 0.29) is 24.0 Å². The minimum atomic E-state index is -0.517. The van der Waals surface area contributed by atoms with Gasteiger partial charge in [-0.15, -0.1) is 0 Å². The molecule has 0 radical (unpaired) electrons. The fourth-order valence-electron chi connectivity index (χ4n) is 3.16. The molecule has 5 nitrogen and oxygen atoms in total. The van der Waals surface area contributed by atoms with Crippen LogP contribution in [0.5, 0.6) is 11.5 Å². The van der Waals surface area contributed by atoms with Crippen LogP contribution in [0.2, 0.25) is 0 Å². The lowest BCUT2D eigenvalue weighted by molar-refractivity contribution is -0.129. The van der Waals surface area contributed by atoms with E-state index in [0.717, 1.165) is 11.1 Å². The van der Waals surface area contributed by atoms with E-state index in [4.69, 9.17) is 14.2 Å². The van der Waals surface area contributed by atoms with E-state index in [1.54, 1.807) is 42.5 Å². The second-order valence-electron chi connectivity index (χ2n) is 6.94. The highest BCUT2D eigenvalue weighted by molar-refractivity contribution is 6.13. The van der Waals surface area contributed by atoms with Gasteiger partial charge < -0.3 is 14.2 Å². The largest absolute Gasteiger partial charge is 0.493 e. The number of hydrogen-bond acceptors (Lipinski definition) is 5. The number of carbonyl (C=O) groups is 1. The van der Waals surface area contributed by atoms with E-state index in [1.807, 2.05) is 31.2 Å². The van der Waals surface area contributed by atoms with Crippen molar-refractivity contribution in [3.63, 3.8) is 0 Å². The molecule has 4 rings (SSSR count). The number of cyclic esters (lactones) is 1. The number of halogens is 1. The molecule has 0 spiro atoms. The van der Waals surface area contributed by atoms with Gasteiger partial charge in [-0.1, -0.05) is 42.5 Å². The fourth-order valence-corrected chi connectivity index (χ4v) is 3.16. The summed E-state index contributed by atoms with van der Waals surface area (Å²) in [5.41, 5.74) is 3.07. The summed E-state index contributed by atoms with van der Waals surface area (Å²) in [5, 5.41) is 0. The van der Waals surface area contributed by atoms with Crippen LogP contribution in [0.15, 0.2) is 77.4 Å². The predicted molar refractivity (Wildman–Crippen MR) is 116 cm³/mol. The molecule has 0 atom stereocenters. The van der Waals surface area contributed by atoms with Crippen molar-refractivity contribution in [3.05, 3.63) is 100 Å². The Morgan fingerprint density at radius 2 is 1.81 bits per heavy atom. The minimum Gasteiger partial charge on any atom is -0.493 e. The van der Waals surface area contributed by atoms with Gasteiger partial charge in [0, 0.05) is 11.1 Å². The number of esters is 1. The highest BCUT2D eigenvalue weighted by Crippen LogP contribution is 2.30. The summed E-state index contributed by atoms with van der Waals surface area (Å²) in [7, 11) is 1.51. The minimum absolute atomic E-state index is 0.0693. The smallest absolute Gasteiger partial charge is 0.363 e. The predicted octanol–water partition coefficient (Wildman–Crippen LogP) is 5.07. The highest BCUT2D eigenvalue weighted by Gasteiger charge is 2.25. The molecule has 0 amide bonds. The van der Waals surface area contributed by atoms with Gasteiger partial charge in [0.1, 0.15) is 12.4 Å². The summed E-state index contributed by atoms with van der Waals surface area (Å²) >= 11 is 0. The van der Waals surface area contributed by atoms with Gasteiger partial charge >= 0.3 is 5.97 Å². The lowest BCUT2D eigenvalue weighted by Crippen LogP contribution is -2.06. The SMILES string of the molecule is COc1cc(/C=C2\N=C(c3ccccc3C)OC2=O)ccc1OCc1ccccc1F. The quantitative estimate of drug-likeness (QED) is 0.415. The first kappa shape index (κ1) is 20.3. The molecule has 3 aromatic rings. The van der Waals surface area contributed by atoms with Crippen LogP contribution in [0.25, 0.3) is 6.08 Å². The van der Waals surface area contributed by atoms with E-state index in [2.05, 4.69) is 4.99 Å². The third-order valence-electron chi connectivity index (χ3n) is 4.83. The van der Waals surface area contributed by atoms with Crippen molar-refractivity contribution in [3.8, 4) is 11.5 Å². The van der Waals surface area contributed by atoms with Gasteiger partial charge in [0.05, 0.1) is 7.11 Å². The van der Waals surface area contributed by atoms with Crippen molar-refractivity contribution in [2.45, 2.75) is 13.5 Å². The zero-order chi connectivity index (χ0) is 21.8. The van der Waals surface area contributed by atoms with Crippen LogP contribution >= 0.6 is 0 Å². The Kier molecular flexibility index (Phi) is 5.80. The number of aryl methyl sites for hydroxylation is 1. The van der Waals surface area contributed by atoms with Crippen molar-refractivity contribution >= 4 is 17.9 Å². The van der Waals surface area contributed by atoms with E-state index in [1.165, 1.54) is 13.2 Å². The number of benzene rings is 3. The van der Waals surface area contributed by atoms with Gasteiger partial charge in [-0.3, -0.25) is 0 Å². The summed E-state index contributed by atoms with van der Waals surface area (Å²) in [5.74, 6) is 0.360. The van der Waals surface area contributed by atoms with Gasteiger partial charge in [-0.2, -0.15) is 0 Å². The molecule has 0 N–H and O–H groups in total. The maximum Gasteiger partial charge on any atom is 0.363 e. The summed E-state index contributed by atoms with van der Waals surface area (Å²) in [6, 6.07) is 19.2. The molecule has 156 valence electrons. The standard InChI is InChI=1S/C25H20FNO4/c1-16-7-3-5-9-19(16)24-27-21(25(28)31-24)13-17-11-12-22(23(14-17)29-2)30-15-18-8-4-6-10-20(18)26/h3-14H,15H2,1-2H3/b21-13-. The average Bonchev–Trinajstić information content (AvgIpc) is 3.13. The molecule has 3 aromatic carbocycles. The van der Waals surface area contributed by atoms with Crippen LogP contribution < -0.4 is 9.47 Å². The monoisotopic (exact) mass is 417 g/mol. The Labute approximate surface area is 179 Å². The zero-order valence-corrected chi connectivity index (χ0v) is 17.1. The van der Waals surface area contributed by atoms with Crippen LogP contribution in [-0.2, 0) is 16.1 Å². The zero-order valence-electron chi connectivity index (χ0n) is 17.1. The van der Waals surface area contributed by atoms with Crippen LogP contribution in [-0.4, -0.2) is 19.0 Å². The molecule has 0 fully saturated rings. The van der Waals surface area contributed by atoms with Crippen molar-refractivity contribution in [2.75, 3.05) is 7.11 Å². The van der Waals surface area contributed by atoms with Gasteiger partial charge in [-0.05, 0) is 48.4 Å². The molecule has 0 aromatic heterocycles. The molecule has 0 bridgehead atoms. The van der Waals surface area contributed by atoms with Crippen LogP contribution in [0.4, 0.5) is 4.39 Å². The van der Waals surface area contributed by atoms with E-state index in [9.17, 15) is 9.18 Å². The van der Waals surface area contributed by atoms with Crippen LogP contribution in [0.3, 0.4) is 0 Å². The Balaban J connectivity index is 1.56. The molecular formula is C25H20FNO4. The molecular weight excluding hydrogens is 397 g/mol. The summed E-state index contributed by atoms with van der Waals surface area (Å²) < 4.78 is 30.3.